The summed E-state index contributed by atoms with van der Waals surface area (Å²) in [6.07, 6.45) is -12.6. The lowest BCUT2D eigenvalue weighted by Gasteiger charge is -2.15. The fourth-order valence-electron chi connectivity index (χ4n) is 1.16. The second kappa shape index (κ2) is 7.31. The highest BCUT2D eigenvalue weighted by molar-refractivity contribution is 4.60. The van der Waals surface area contributed by atoms with E-state index < -0.39 is 56.5 Å². The third-order valence-corrected chi connectivity index (χ3v) is 2.01. The Hall–Kier alpha value is 0. The molecule has 0 aromatic rings. The van der Waals surface area contributed by atoms with E-state index in [9.17, 15) is 0 Å². The first kappa shape index (κ1) is 3.25. The molecular formula is C14H28. The largest absolute Gasteiger partial charge is 0.0625 e. The van der Waals surface area contributed by atoms with Crippen LogP contribution in [0.25, 0.3) is 0 Å². The second-order valence-corrected chi connectivity index (χ2v) is 3.38. The SMILES string of the molecule is [2H]C1([2H])CC([2H])([2H])C([2H])([2H])C([2H])([2H])C1C.[2H]C1([2H])CCCC([2H])([2H])C1([2H])C. The Labute approximate surface area is 109 Å². The third kappa shape index (κ3) is 5.67. The van der Waals surface area contributed by atoms with Crippen molar-refractivity contribution in [2.24, 2.45) is 11.8 Å². The van der Waals surface area contributed by atoms with Gasteiger partial charge >= 0.3 is 0 Å². The van der Waals surface area contributed by atoms with E-state index in [1.165, 1.54) is 13.8 Å². The van der Waals surface area contributed by atoms with E-state index in [2.05, 4.69) is 0 Å². The van der Waals surface area contributed by atoms with Gasteiger partial charge < -0.3 is 0 Å². The van der Waals surface area contributed by atoms with Crippen molar-refractivity contribution in [3.05, 3.63) is 0 Å². The average Bonchev–Trinajstić information content (AvgIpc) is 2.42. The van der Waals surface area contributed by atoms with Gasteiger partial charge in [0.1, 0.15) is 0 Å². The molecule has 14 heavy (non-hydrogen) atoms. The number of rotatable bonds is 0. The predicted octanol–water partition coefficient (Wildman–Crippen LogP) is 5.17. The van der Waals surface area contributed by atoms with Crippen LogP contribution in [0.5, 0.6) is 0 Å². The number of hydrogen-bond donors (Lipinski definition) is 0. The molecule has 0 N–H and O–H groups in total. The first-order chi connectivity index (χ1) is 11.6. The van der Waals surface area contributed by atoms with Crippen LogP contribution in [0.1, 0.15) is 95.6 Å². The summed E-state index contributed by atoms with van der Waals surface area (Å²) in [7, 11) is 0. The molecule has 2 fully saturated rings. The molecule has 2 aliphatic rings. The van der Waals surface area contributed by atoms with Gasteiger partial charge in [0.25, 0.3) is 0 Å². The quantitative estimate of drug-likeness (QED) is 0.516. The lowest BCUT2D eigenvalue weighted by atomic mass is 9.91. The van der Waals surface area contributed by atoms with E-state index >= 15 is 0 Å². The van der Waals surface area contributed by atoms with Crippen LogP contribution in [0.2, 0.25) is 0 Å². The third-order valence-electron chi connectivity index (χ3n) is 2.01. The molecular weight excluding hydrogens is 168 g/mol. The molecule has 2 rings (SSSR count). The smallest absolute Gasteiger partial charge is 0.0300 e. The van der Waals surface area contributed by atoms with Crippen LogP contribution in [-0.2, 0) is 0 Å². The molecule has 1 atom stereocenters. The van der Waals surface area contributed by atoms with Crippen LogP contribution in [0.4, 0.5) is 0 Å². The molecule has 0 aromatic carbocycles. The van der Waals surface area contributed by atoms with Crippen LogP contribution < -0.4 is 0 Å². The summed E-state index contributed by atoms with van der Waals surface area (Å²) in [4.78, 5) is 0. The zero-order valence-electron chi connectivity index (χ0n) is 21.9. The molecule has 0 bridgehead atoms. The summed E-state index contributed by atoms with van der Waals surface area (Å²) in [5.74, 6) is -2.79. The van der Waals surface area contributed by atoms with Gasteiger partial charge in [-0.15, -0.1) is 0 Å². The summed E-state index contributed by atoms with van der Waals surface area (Å²) in [5.41, 5.74) is 0. The molecule has 0 saturated heterocycles. The second-order valence-electron chi connectivity index (χ2n) is 3.38. The molecule has 1 unspecified atom stereocenters. The van der Waals surface area contributed by atoms with Crippen molar-refractivity contribution in [3.63, 3.8) is 0 Å². The molecule has 84 valence electrons. The minimum absolute atomic E-state index is 0.298. The minimum Gasteiger partial charge on any atom is -0.0625 e. The first-order valence-corrected chi connectivity index (χ1v) is 5.07. The molecule has 0 heterocycles. The zero-order chi connectivity index (χ0) is 21.9. The molecule has 0 aliphatic heterocycles. The van der Waals surface area contributed by atoms with Crippen LogP contribution in [-0.4, -0.2) is 0 Å². The highest BCUT2D eigenvalue weighted by Crippen LogP contribution is 2.22. The van der Waals surface area contributed by atoms with Gasteiger partial charge in [0.2, 0.25) is 0 Å². The lowest BCUT2D eigenvalue weighted by molar-refractivity contribution is 0.385. The first-order valence-electron chi connectivity index (χ1n) is 11.6. The Bertz CT molecular complexity index is 531. The highest BCUT2D eigenvalue weighted by atomic mass is 14.1. The summed E-state index contributed by atoms with van der Waals surface area (Å²) in [5, 5.41) is 0. The zero-order valence-corrected chi connectivity index (χ0v) is 8.91. The number of hydrogen-bond acceptors (Lipinski definition) is 0. The van der Waals surface area contributed by atoms with E-state index in [0.717, 1.165) is 0 Å². The van der Waals surface area contributed by atoms with Crippen molar-refractivity contribution in [2.75, 3.05) is 0 Å². The Morgan fingerprint density at radius 2 is 1.57 bits per heavy atom. The van der Waals surface area contributed by atoms with Crippen molar-refractivity contribution in [2.45, 2.75) is 77.8 Å². The van der Waals surface area contributed by atoms with Crippen LogP contribution in [0, 0.1) is 11.8 Å². The van der Waals surface area contributed by atoms with Crippen LogP contribution in [0.3, 0.4) is 0 Å². The summed E-state index contributed by atoms with van der Waals surface area (Å²) in [6, 6.07) is 0. The molecule has 0 heteroatoms. The van der Waals surface area contributed by atoms with Crippen molar-refractivity contribution in [1.82, 2.24) is 0 Å². The molecule has 0 nitrogen and oxygen atoms in total. The Balaban J connectivity index is 0.000000277. The van der Waals surface area contributed by atoms with Crippen LogP contribution in [0.15, 0.2) is 0 Å². The van der Waals surface area contributed by atoms with Crippen molar-refractivity contribution in [3.8, 4) is 0 Å². The van der Waals surface area contributed by atoms with E-state index in [1.807, 2.05) is 0 Å². The summed E-state index contributed by atoms with van der Waals surface area (Å²) < 4.78 is 97.8. The van der Waals surface area contributed by atoms with Gasteiger partial charge in [0.15, 0.2) is 0 Å². The highest BCUT2D eigenvalue weighted by Gasteiger charge is 2.06. The normalized spacial score (nSPS) is 66.7. The van der Waals surface area contributed by atoms with Gasteiger partial charge in [-0.1, -0.05) is 77.8 Å². The standard InChI is InChI=1S/2C7H14/c2*1-7-5-3-2-4-6-7/h2*7H,2-6H2,1H3/i2D2,3D2,5D2,6D2;5D2,6D2,7D. The Kier molecular flexibility index (Phi) is 1.70. The monoisotopic (exact) mass is 209 g/mol. The van der Waals surface area contributed by atoms with Crippen molar-refractivity contribution >= 4 is 0 Å². The average molecular weight is 209 g/mol. The van der Waals surface area contributed by atoms with Crippen molar-refractivity contribution < 1.29 is 17.8 Å². The van der Waals surface area contributed by atoms with Gasteiger partial charge in [-0.2, -0.15) is 0 Å². The molecule has 0 amide bonds. The van der Waals surface area contributed by atoms with E-state index in [1.54, 1.807) is 0 Å². The van der Waals surface area contributed by atoms with E-state index in [-0.39, 0.29) is 0 Å². The topological polar surface area (TPSA) is 0 Å². The Morgan fingerprint density at radius 1 is 0.857 bits per heavy atom. The van der Waals surface area contributed by atoms with Gasteiger partial charge in [-0.25, -0.2) is 0 Å². The molecule has 2 aliphatic carbocycles. The summed E-state index contributed by atoms with van der Waals surface area (Å²) >= 11 is 0. The molecule has 0 radical (unpaired) electrons. The Morgan fingerprint density at radius 3 is 2.21 bits per heavy atom. The maximum Gasteiger partial charge on any atom is 0.0300 e. The van der Waals surface area contributed by atoms with E-state index in [0.29, 0.717) is 19.3 Å². The van der Waals surface area contributed by atoms with Gasteiger partial charge in [0, 0.05) is 17.8 Å². The fraction of sp³-hybridized carbons (Fsp3) is 1.00. The predicted molar refractivity (Wildman–Crippen MR) is 64.5 cm³/mol. The van der Waals surface area contributed by atoms with E-state index in [4.69, 9.17) is 17.8 Å². The lowest BCUT2D eigenvalue weighted by Crippen LogP contribution is -1.99. The molecule has 0 aromatic heterocycles. The maximum absolute atomic E-state index is 7.68. The van der Waals surface area contributed by atoms with Crippen LogP contribution >= 0.6 is 0 Å². The maximum atomic E-state index is 7.68. The minimum atomic E-state index is -2.68. The summed E-state index contributed by atoms with van der Waals surface area (Å²) in [6.45, 7) is 2.64. The fourth-order valence-corrected chi connectivity index (χ4v) is 1.16. The van der Waals surface area contributed by atoms with Gasteiger partial charge in [-0.05, 0) is 11.8 Å². The van der Waals surface area contributed by atoms with Gasteiger partial charge in [0.05, 0.1) is 0 Å². The van der Waals surface area contributed by atoms with Crippen molar-refractivity contribution in [1.29, 1.82) is 0 Å². The molecule has 2 saturated carbocycles. The van der Waals surface area contributed by atoms with Gasteiger partial charge in [-0.3, -0.25) is 0 Å². The molecule has 0 spiro atoms.